The van der Waals surface area contributed by atoms with Crippen molar-refractivity contribution in [3.05, 3.63) is 35.1 Å². The van der Waals surface area contributed by atoms with E-state index in [0.717, 1.165) is 22.1 Å². The molecule has 0 spiro atoms. The van der Waals surface area contributed by atoms with Gasteiger partial charge in [0.25, 0.3) is 5.91 Å². The van der Waals surface area contributed by atoms with Crippen LogP contribution < -0.4 is 11.1 Å². The smallest absolute Gasteiger partial charge is 0.287 e. The molecule has 0 aliphatic rings. The Morgan fingerprint density at radius 1 is 1.38 bits per heavy atom. The Morgan fingerprint density at radius 3 is 2.57 bits per heavy atom. The fourth-order valence-corrected chi connectivity index (χ4v) is 2.35. The van der Waals surface area contributed by atoms with E-state index in [1.54, 1.807) is 0 Å². The summed E-state index contributed by atoms with van der Waals surface area (Å²) in [5.74, 6) is 0.405. The van der Waals surface area contributed by atoms with Crippen molar-refractivity contribution in [2.45, 2.75) is 40.2 Å². The largest absolute Gasteiger partial charge is 0.450 e. The van der Waals surface area contributed by atoms with E-state index >= 15 is 0 Å². The first-order chi connectivity index (χ1) is 9.80. The van der Waals surface area contributed by atoms with Gasteiger partial charge in [0.05, 0.1) is 5.54 Å². The number of nitrogens with two attached hydrogens (primary N) is 1. The van der Waals surface area contributed by atoms with Crippen molar-refractivity contribution in [1.29, 1.82) is 0 Å². The van der Waals surface area contributed by atoms with E-state index in [0.29, 0.717) is 12.3 Å². The third-order valence-corrected chi connectivity index (χ3v) is 4.46. The molecular formula is C17H24N2O2. The summed E-state index contributed by atoms with van der Waals surface area (Å²) in [6, 6.07) is 5.92. The molecule has 1 aromatic carbocycles. The van der Waals surface area contributed by atoms with Crippen LogP contribution in [-0.4, -0.2) is 18.0 Å². The molecule has 4 heteroatoms. The summed E-state index contributed by atoms with van der Waals surface area (Å²) >= 11 is 0. The van der Waals surface area contributed by atoms with E-state index in [9.17, 15) is 4.79 Å². The molecule has 0 bridgehead atoms. The lowest BCUT2D eigenvalue weighted by molar-refractivity contribution is 0.0856. The zero-order chi connectivity index (χ0) is 15.8. The van der Waals surface area contributed by atoms with E-state index in [2.05, 4.69) is 5.32 Å². The van der Waals surface area contributed by atoms with Gasteiger partial charge in [-0.2, -0.15) is 0 Å². The third kappa shape index (κ3) is 2.68. The van der Waals surface area contributed by atoms with Crippen molar-refractivity contribution in [2.24, 2.45) is 11.7 Å². The first-order valence-corrected chi connectivity index (χ1v) is 7.31. The van der Waals surface area contributed by atoms with Crippen molar-refractivity contribution in [1.82, 2.24) is 5.32 Å². The van der Waals surface area contributed by atoms with Gasteiger partial charge in [0.2, 0.25) is 0 Å². The van der Waals surface area contributed by atoms with E-state index in [1.807, 2.05) is 52.8 Å². The summed E-state index contributed by atoms with van der Waals surface area (Å²) in [5, 5.41) is 4.01. The highest BCUT2D eigenvalue weighted by Crippen LogP contribution is 2.28. The van der Waals surface area contributed by atoms with Gasteiger partial charge in [-0.05, 0) is 32.3 Å². The van der Waals surface area contributed by atoms with Gasteiger partial charge in [0, 0.05) is 17.5 Å². The standard InChI is InChI=1S/C17H24N2O2/c1-10(2)17(5,9-18)19-16(20)15-12(4)13-8-6-7-11(3)14(13)21-15/h6-8,10H,9,18H2,1-5H3,(H,19,20). The highest BCUT2D eigenvalue weighted by Gasteiger charge is 2.31. The number of hydrogen-bond acceptors (Lipinski definition) is 3. The number of nitrogens with one attached hydrogen (secondary N) is 1. The number of furan rings is 1. The first-order valence-electron chi connectivity index (χ1n) is 7.31. The number of amides is 1. The Bertz CT molecular complexity index is 673. The average molecular weight is 288 g/mol. The molecule has 2 aromatic rings. The molecule has 1 aromatic heterocycles. The van der Waals surface area contributed by atoms with Crippen molar-refractivity contribution in [2.75, 3.05) is 6.54 Å². The third-order valence-electron chi connectivity index (χ3n) is 4.46. The average Bonchev–Trinajstić information content (AvgIpc) is 2.77. The molecule has 1 heterocycles. The van der Waals surface area contributed by atoms with Crippen LogP contribution in [0.1, 0.15) is 42.5 Å². The fraction of sp³-hybridized carbons (Fsp3) is 0.471. The normalized spacial score (nSPS) is 14.4. The minimum atomic E-state index is -0.447. The Kier molecular flexibility index (Phi) is 4.10. The molecule has 1 unspecified atom stereocenters. The maximum Gasteiger partial charge on any atom is 0.287 e. The van der Waals surface area contributed by atoms with Gasteiger partial charge in [-0.3, -0.25) is 4.79 Å². The number of fused-ring (bicyclic) bond motifs is 1. The molecule has 2 rings (SSSR count). The number of para-hydroxylation sites is 1. The van der Waals surface area contributed by atoms with E-state index in [1.165, 1.54) is 0 Å². The second kappa shape index (κ2) is 5.53. The van der Waals surface area contributed by atoms with Gasteiger partial charge >= 0.3 is 0 Å². The number of aryl methyl sites for hydroxylation is 2. The Balaban J connectivity index is 2.41. The molecule has 0 saturated heterocycles. The molecule has 1 atom stereocenters. The number of carbonyl (C=O) groups is 1. The van der Waals surface area contributed by atoms with Crippen LogP contribution in [0, 0.1) is 19.8 Å². The summed E-state index contributed by atoms with van der Waals surface area (Å²) in [5.41, 5.74) is 8.05. The van der Waals surface area contributed by atoms with Gasteiger partial charge in [0.1, 0.15) is 5.58 Å². The maximum atomic E-state index is 12.6. The van der Waals surface area contributed by atoms with E-state index < -0.39 is 5.54 Å². The summed E-state index contributed by atoms with van der Waals surface area (Å²) in [7, 11) is 0. The molecule has 0 aliphatic carbocycles. The Labute approximate surface area is 125 Å². The molecule has 1 amide bonds. The lowest BCUT2D eigenvalue weighted by Crippen LogP contribution is -2.55. The molecular weight excluding hydrogens is 264 g/mol. The highest BCUT2D eigenvalue weighted by molar-refractivity contribution is 5.99. The van der Waals surface area contributed by atoms with Crippen LogP contribution in [0.2, 0.25) is 0 Å². The molecule has 114 valence electrons. The fourth-order valence-electron chi connectivity index (χ4n) is 2.35. The summed E-state index contributed by atoms with van der Waals surface area (Å²) in [4.78, 5) is 12.6. The Hall–Kier alpha value is -1.81. The SMILES string of the molecule is Cc1c(C(=O)NC(C)(CN)C(C)C)oc2c(C)cccc12. The van der Waals surface area contributed by atoms with Crippen LogP contribution in [0.15, 0.2) is 22.6 Å². The van der Waals surface area contributed by atoms with Crippen LogP contribution in [0.5, 0.6) is 0 Å². The Morgan fingerprint density at radius 2 is 2.05 bits per heavy atom. The summed E-state index contributed by atoms with van der Waals surface area (Å²) in [6.07, 6.45) is 0. The molecule has 0 saturated carbocycles. The molecule has 0 aliphatic heterocycles. The minimum absolute atomic E-state index is 0.204. The highest BCUT2D eigenvalue weighted by atomic mass is 16.3. The van der Waals surface area contributed by atoms with Gasteiger partial charge in [0.15, 0.2) is 5.76 Å². The van der Waals surface area contributed by atoms with Crippen LogP contribution in [0.3, 0.4) is 0 Å². The maximum absolute atomic E-state index is 12.6. The lowest BCUT2D eigenvalue weighted by atomic mass is 9.88. The minimum Gasteiger partial charge on any atom is -0.450 e. The summed E-state index contributed by atoms with van der Waals surface area (Å²) < 4.78 is 5.81. The van der Waals surface area contributed by atoms with Gasteiger partial charge in [-0.15, -0.1) is 0 Å². The predicted molar refractivity (Wildman–Crippen MR) is 85.5 cm³/mol. The van der Waals surface area contributed by atoms with Crippen LogP contribution in [0.25, 0.3) is 11.0 Å². The molecule has 0 fully saturated rings. The second-order valence-electron chi connectivity index (χ2n) is 6.24. The monoisotopic (exact) mass is 288 g/mol. The van der Waals surface area contributed by atoms with Crippen LogP contribution in [0.4, 0.5) is 0 Å². The number of rotatable bonds is 4. The molecule has 4 nitrogen and oxygen atoms in total. The van der Waals surface area contributed by atoms with Crippen molar-refractivity contribution < 1.29 is 9.21 Å². The van der Waals surface area contributed by atoms with Crippen LogP contribution in [-0.2, 0) is 0 Å². The lowest BCUT2D eigenvalue weighted by Gasteiger charge is -2.33. The predicted octanol–water partition coefficient (Wildman–Crippen LogP) is 3.15. The van der Waals surface area contributed by atoms with Crippen molar-refractivity contribution >= 4 is 16.9 Å². The van der Waals surface area contributed by atoms with Gasteiger partial charge < -0.3 is 15.5 Å². The zero-order valence-corrected chi connectivity index (χ0v) is 13.4. The number of carbonyl (C=O) groups excluding carboxylic acids is 1. The molecule has 3 N–H and O–H groups in total. The second-order valence-corrected chi connectivity index (χ2v) is 6.24. The quantitative estimate of drug-likeness (QED) is 0.908. The summed E-state index contributed by atoms with van der Waals surface area (Å²) in [6.45, 7) is 10.3. The van der Waals surface area contributed by atoms with Crippen molar-refractivity contribution in [3.63, 3.8) is 0 Å². The number of hydrogen-bond donors (Lipinski definition) is 2. The van der Waals surface area contributed by atoms with Crippen molar-refractivity contribution in [3.8, 4) is 0 Å². The van der Waals surface area contributed by atoms with E-state index in [4.69, 9.17) is 10.2 Å². The van der Waals surface area contributed by atoms with Gasteiger partial charge in [-0.1, -0.05) is 32.0 Å². The molecule has 21 heavy (non-hydrogen) atoms. The van der Waals surface area contributed by atoms with Crippen LogP contribution >= 0.6 is 0 Å². The first kappa shape index (κ1) is 15.6. The zero-order valence-electron chi connectivity index (χ0n) is 13.4. The van der Waals surface area contributed by atoms with E-state index in [-0.39, 0.29) is 11.8 Å². The topological polar surface area (TPSA) is 68.3 Å². The van der Waals surface area contributed by atoms with Gasteiger partial charge in [-0.25, -0.2) is 0 Å². The molecule has 0 radical (unpaired) electrons. The number of benzene rings is 1.